The summed E-state index contributed by atoms with van der Waals surface area (Å²) in [6.45, 7) is 3.78. The number of nitrogens with zero attached hydrogens (tertiary/aromatic N) is 2. The van der Waals surface area contributed by atoms with Gasteiger partial charge in [-0.1, -0.05) is 6.92 Å². The third-order valence-corrected chi connectivity index (χ3v) is 2.10. The van der Waals surface area contributed by atoms with E-state index in [0.29, 0.717) is 12.2 Å². The summed E-state index contributed by atoms with van der Waals surface area (Å²) in [6.07, 6.45) is 1.09. The van der Waals surface area contributed by atoms with E-state index >= 15 is 0 Å². The maximum absolute atomic E-state index is 11.2. The van der Waals surface area contributed by atoms with Gasteiger partial charge in [-0.05, 0) is 19.0 Å². The second kappa shape index (κ2) is 5.50. The monoisotopic (exact) mass is 211 g/mol. The molecule has 0 bridgehead atoms. The number of carbonyl (C=O) groups is 1. The van der Waals surface area contributed by atoms with Crippen molar-refractivity contribution in [1.29, 1.82) is 0 Å². The summed E-state index contributed by atoms with van der Waals surface area (Å²) in [5, 5.41) is 7.31. The first-order chi connectivity index (χ1) is 7.19. The van der Waals surface area contributed by atoms with Crippen LogP contribution in [0.4, 0.5) is 0 Å². The van der Waals surface area contributed by atoms with Crippen LogP contribution in [0.2, 0.25) is 0 Å². The lowest BCUT2D eigenvalue weighted by molar-refractivity contribution is 0.0593. The average molecular weight is 211 g/mol. The van der Waals surface area contributed by atoms with Crippen molar-refractivity contribution in [3.8, 4) is 0 Å². The molecule has 15 heavy (non-hydrogen) atoms. The Morgan fingerprint density at radius 2 is 2.40 bits per heavy atom. The van der Waals surface area contributed by atoms with Crippen LogP contribution in [0.15, 0.2) is 6.07 Å². The highest BCUT2D eigenvalue weighted by atomic mass is 16.5. The van der Waals surface area contributed by atoms with Gasteiger partial charge in [-0.2, -0.15) is 5.10 Å². The Morgan fingerprint density at radius 3 is 3.00 bits per heavy atom. The van der Waals surface area contributed by atoms with E-state index < -0.39 is 5.97 Å². The molecule has 1 N–H and O–H groups in total. The van der Waals surface area contributed by atoms with Crippen molar-refractivity contribution in [3.63, 3.8) is 0 Å². The maximum atomic E-state index is 11.2. The van der Waals surface area contributed by atoms with Gasteiger partial charge in [-0.25, -0.2) is 4.79 Å². The molecule has 5 nitrogen and oxygen atoms in total. The SMILES string of the molecule is CCCNCc1cc(C(=O)OC)nn1C. The molecule has 0 aliphatic rings. The Balaban J connectivity index is 2.64. The lowest BCUT2D eigenvalue weighted by atomic mass is 10.3. The molecule has 1 heterocycles. The lowest BCUT2D eigenvalue weighted by Gasteiger charge is -2.02. The Morgan fingerprint density at radius 1 is 1.67 bits per heavy atom. The van der Waals surface area contributed by atoms with Crippen LogP contribution >= 0.6 is 0 Å². The van der Waals surface area contributed by atoms with E-state index in [-0.39, 0.29) is 0 Å². The second-order valence-corrected chi connectivity index (χ2v) is 3.31. The molecule has 0 saturated carbocycles. The van der Waals surface area contributed by atoms with Gasteiger partial charge < -0.3 is 10.1 Å². The summed E-state index contributed by atoms with van der Waals surface area (Å²) < 4.78 is 6.28. The summed E-state index contributed by atoms with van der Waals surface area (Å²) >= 11 is 0. The third kappa shape index (κ3) is 3.06. The zero-order chi connectivity index (χ0) is 11.3. The minimum atomic E-state index is -0.396. The minimum Gasteiger partial charge on any atom is -0.464 e. The largest absolute Gasteiger partial charge is 0.464 e. The molecular formula is C10H17N3O2. The van der Waals surface area contributed by atoms with Gasteiger partial charge in [-0.3, -0.25) is 4.68 Å². The van der Waals surface area contributed by atoms with Gasteiger partial charge in [0.05, 0.1) is 12.8 Å². The quantitative estimate of drug-likeness (QED) is 0.575. The minimum absolute atomic E-state index is 0.355. The molecule has 0 aromatic carbocycles. The van der Waals surface area contributed by atoms with E-state index in [0.717, 1.165) is 18.7 Å². The van der Waals surface area contributed by atoms with Gasteiger partial charge in [0.2, 0.25) is 0 Å². The number of aromatic nitrogens is 2. The molecule has 84 valence electrons. The number of hydrogen-bond donors (Lipinski definition) is 1. The summed E-state index contributed by atoms with van der Waals surface area (Å²) in [7, 11) is 3.17. The number of nitrogens with one attached hydrogen (secondary N) is 1. The van der Waals surface area contributed by atoms with E-state index in [2.05, 4.69) is 22.1 Å². The second-order valence-electron chi connectivity index (χ2n) is 3.31. The predicted octanol–water partition coefficient (Wildman–Crippen LogP) is 0.706. The number of aryl methyl sites for hydroxylation is 1. The highest BCUT2D eigenvalue weighted by molar-refractivity contribution is 5.87. The van der Waals surface area contributed by atoms with Crippen molar-refractivity contribution in [1.82, 2.24) is 15.1 Å². The maximum Gasteiger partial charge on any atom is 0.358 e. The summed E-state index contributed by atoms with van der Waals surface area (Å²) in [5.41, 5.74) is 1.33. The van der Waals surface area contributed by atoms with Gasteiger partial charge in [0.1, 0.15) is 0 Å². The van der Waals surface area contributed by atoms with E-state index in [9.17, 15) is 4.79 Å². The van der Waals surface area contributed by atoms with Crippen molar-refractivity contribution >= 4 is 5.97 Å². The van der Waals surface area contributed by atoms with Crippen LogP contribution in [0.3, 0.4) is 0 Å². The molecule has 5 heteroatoms. The van der Waals surface area contributed by atoms with Crippen molar-refractivity contribution in [2.75, 3.05) is 13.7 Å². The van der Waals surface area contributed by atoms with Gasteiger partial charge in [0.25, 0.3) is 0 Å². The first kappa shape index (κ1) is 11.7. The normalized spacial score (nSPS) is 10.3. The smallest absolute Gasteiger partial charge is 0.358 e. The van der Waals surface area contributed by atoms with E-state index in [1.807, 2.05) is 7.05 Å². The van der Waals surface area contributed by atoms with Crippen LogP contribution < -0.4 is 5.32 Å². The summed E-state index contributed by atoms with van der Waals surface area (Å²) in [4.78, 5) is 11.2. The molecule has 0 amide bonds. The van der Waals surface area contributed by atoms with Crippen LogP contribution in [0, 0.1) is 0 Å². The molecule has 1 aromatic rings. The van der Waals surface area contributed by atoms with Crippen LogP contribution in [0.1, 0.15) is 29.5 Å². The first-order valence-electron chi connectivity index (χ1n) is 5.01. The summed E-state index contributed by atoms with van der Waals surface area (Å²) in [6, 6.07) is 1.74. The topological polar surface area (TPSA) is 56.1 Å². The van der Waals surface area contributed by atoms with Crippen LogP contribution in [0.25, 0.3) is 0 Å². The summed E-state index contributed by atoms with van der Waals surface area (Å²) in [5.74, 6) is -0.396. The van der Waals surface area contributed by atoms with E-state index in [1.54, 1.807) is 10.7 Å². The standard InChI is InChI=1S/C10H17N3O2/c1-4-5-11-7-8-6-9(10(14)15-3)12-13(8)2/h6,11H,4-5,7H2,1-3H3. The first-order valence-corrected chi connectivity index (χ1v) is 5.01. The molecule has 1 rings (SSSR count). The molecule has 0 saturated heterocycles. The molecule has 0 unspecified atom stereocenters. The zero-order valence-corrected chi connectivity index (χ0v) is 9.41. The molecule has 1 aromatic heterocycles. The van der Waals surface area contributed by atoms with Gasteiger partial charge in [0.15, 0.2) is 5.69 Å². The molecule has 0 atom stereocenters. The number of ether oxygens (including phenoxy) is 1. The van der Waals surface area contributed by atoms with Crippen LogP contribution in [-0.2, 0) is 18.3 Å². The Labute approximate surface area is 89.4 Å². The molecule has 0 aliphatic carbocycles. The highest BCUT2D eigenvalue weighted by Crippen LogP contribution is 2.04. The van der Waals surface area contributed by atoms with Gasteiger partial charge >= 0.3 is 5.97 Å². The number of carbonyl (C=O) groups excluding carboxylic acids is 1. The lowest BCUT2D eigenvalue weighted by Crippen LogP contribution is -2.16. The van der Waals surface area contributed by atoms with Crippen molar-refractivity contribution in [2.45, 2.75) is 19.9 Å². The van der Waals surface area contributed by atoms with Gasteiger partial charge in [0, 0.05) is 13.6 Å². The Kier molecular flexibility index (Phi) is 4.30. The predicted molar refractivity (Wildman–Crippen MR) is 56.5 cm³/mol. The van der Waals surface area contributed by atoms with Crippen molar-refractivity contribution in [2.24, 2.45) is 7.05 Å². The van der Waals surface area contributed by atoms with Gasteiger partial charge in [-0.15, -0.1) is 0 Å². The Hall–Kier alpha value is -1.36. The zero-order valence-electron chi connectivity index (χ0n) is 9.41. The molecule has 0 radical (unpaired) electrons. The fourth-order valence-corrected chi connectivity index (χ4v) is 1.27. The molecule has 0 spiro atoms. The van der Waals surface area contributed by atoms with Crippen LogP contribution in [-0.4, -0.2) is 29.4 Å². The third-order valence-electron chi connectivity index (χ3n) is 2.10. The fourth-order valence-electron chi connectivity index (χ4n) is 1.27. The molecular weight excluding hydrogens is 194 g/mol. The Bertz CT molecular complexity index is 333. The number of rotatable bonds is 5. The average Bonchev–Trinajstić information content (AvgIpc) is 2.60. The van der Waals surface area contributed by atoms with Crippen molar-refractivity contribution in [3.05, 3.63) is 17.5 Å². The molecule has 0 aliphatic heterocycles. The van der Waals surface area contributed by atoms with Crippen LogP contribution in [0.5, 0.6) is 0 Å². The van der Waals surface area contributed by atoms with Crippen molar-refractivity contribution < 1.29 is 9.53 Å². The number of methoxy groups -OCH3 is 1. The highest BCUT2D eigenvalue weighted by Gasteiger charge is 2.12. The van der Waals surface area contributed by atoms with E-state index in [1.165, 1.54) is 7.11 Å². The number of esters is 1. The molecule has 0 fully saturated rings. The number of hydrogen-bond acceptors (Lipinski definition) is 4. The van der Waals surface area contributed by atoms with E-state index in [4.69, 9.17) is 0 Å². The fraction of sp³-hybridized carbons (Fsp3) is 0.600.